The summed E-state index contributed by atoms with van der Waals surface area (Å²) in [6, 6.07) is 14.4. The molecule has 27 heavy (non-hydrogen) atoms. The number of amides is 2. The number of hydrogen-bond donors (Lipinski definition) is 2. The SMILES string of the molecule is CC(NC(=O)c1ccc(C(C)(C)C)cc1)C(=O)NCCc1cccc(Cl)c1. The largest absolute Gasteiger partial charge is 0.354 e. The fourth-order valence-corrected chi connectivity index (χ4v) is 2.86. The van der Waals surface area contributed by atoms with Crippen LogP contribution in [0.2, 0.25) is 5.02 Å². The average molecular weight is 387 g/mol. The van der Waals surface area contributed by atoms with Crippen molar-refractivity contribution in [1.82, 2.24) is 10.6 Å². The van der Waals surface area contributed by atoms with Gasteiger partial charge in [0.15, 0.2) is 0 Å². The predicted octanol–water partition coefficient (Wildman–Crippen LogP) is 4.11. The molecule has 0 aliphatic rings. The first-order valence-corrected chi connectivity index (χ1v) is 9.48. The molecular formula is C22H27ClN2O2. The highest BCUT2D eigenvalue weighted by molar-refractivity contribution is 6.30. The third-order valence-electron chi connectivity index (χ3n) is 4.36. The molecular weight excluding hydrogens is 360 g/mol. The number of halogens is 1. The lowest BCUT2D eigenvalue weighted by Crippen LogP contribution is -2.45. The second kappa shape index (κ2) is 9.05. The molecule has 0 heterocycles. The zero-order valence-electron chi connectivity index (χ0n) is 16.3. The van der Waals surface area contributed by atoms with Crippen molar-refractivity contribution in [2.75, 3.05) is 6.54 Å². The molecule has 2 rings (SSSR count). The van der Waals surface area contributed by atoms with Crippen LogP contribution in [0.25, 0.3) is 0 Å². The van der Waals surface area contributed by atoms with Gasteiger partial charge in [0, 0.05) is 17.1 Å². The van der Waals surface area contributed by atoms with Crippen LogP contribution in [0, 0.1) is 0 Å². The number of carbonyl (C=O) groups excluding carboxylic acids is 2. The summed E-state index contributed by atoms with van der Waals surface area (Å²) in [5.41, 5.74) is 2.79. The van der Waals surface area contributed by atoms with Crippen LogP contribution in [0.5, 0.6) is 0 Å². The van der Waals surface area contributed by atoms with Gasteiger partial charge in [-0.15, -0.1) is 0 Å². The summed E-state index contributed by atoms with van der Waals surface area (Å²) >= 11 is 5.95. The molecule has 144 valence electrons. The lowest BCUT2D eigenvalue weighted by Gasteiger charge is -2.19. The molecule has 2 aromatic carbocycles. The molecule has 1 atom stereocenters. The molecule has 2 amide bonds. The lowest BCUT2D eigenvalue weighted by molar-refractivity contribution is -0.122. The second-order valence-corrected chi connectivity index (χ2v) is 8.13. The normalized spacial score (nSPS) is 12.3. The Kier molecular flexibility index (Phi) is 7.03. The molecule has 0 saturated carbocycles. The van der Waals surface area contributed by atoms with Crippen LogP contribution in [0.15, 0.2) is 48.5 Å². The molecule has 0 aliphatic heterocycles. The van der Waals surface area contributed by atoms with Crippen LogP contribution in [-0.2, 0) is 16.6 Å². The highest BCUT2D eigenvalue weighted by Crippen LogP contribution is 2.22. The molecule has 0 spiro atoms. The van der Waals surface area contributed by atoms with Gasteiger partial charge in [-0.1, -0.05) is 56.6 Å². The molecule has 0 radical (unpaired) electrons. The maximum absolute atomic E-state index is 12.3. The zero-order chi connectivity index (χ0) is 20.0. The van der Waals surface area contributed by atoms with E-state index in [1.54, 1.807) is 19.1 Å². The van der Waals surface area contributed by atoms with Gasteiger partial charge in [0.25, 0.3) is 5.91 Å². The van der Waals surface area contributed by atoms with Gasteiger partial charge in [-0.25, -0.2) is 0 Å². The van der Waals surface area contributed by atoms with Crippen LogP contribution in [-0.4, -0.2) is 24.4 Å². The summed E-state index contributed by atoms with van der Waals surface area (Å²) in [6.45, 7) is 8.53. The molecule has 2 aromatic rings. The van der Waals surface area contributed by atoms with Crippen molar-refractivity contribution in [3.05, 3.63) is 70.2 Å². The topological polar surface area (TPSA) is 58.2 Å². The summed E-state index contributed by atoms with van der Waals surface area (Å²) in [7, 11) is 0. The minimum Gasteiger partial charge on any atom is -0.354 e. The van der Waals surface area contributed by atoms with Crippen molar-refractivity contribution in [2.24, 2.45) is 0 Å². The Labute approximate surface area is 166 Å². The van der Waals surface area contributed by atoms with E-state index in [0.29, 0.717) is 23.6 Å². The number of rotatable bonds is 6. The van der Waals surface area contributed by atoms with Gasteiger partial charge in [0.2, 0.25) is 5.91 Å². The van der Waals surface area contributed by atoms with Crippen molar-refractivity contribution in [2.45, 2.75) is 45.6 Å². The van der Waals surface area contributed by atoms with E-state index < -0.39 is 6.04 Å². The Hall–Kier alpha value is -2.33. The van der Waals surface area contributed by atoms with Crippen molar-refractivity contribution >= 4 is 23.4 Å². The lowest BCUT2D eigenvalue weighted by atomic mass is 9.86. The van der Waals surface area contributed by atoms with Crippen molar-refractivity contribution in [3.63, 3.8) is 0 Å². The molecule has 1 unspecified atom stereocenters. The minimum absolute atomic E-state index is 0.0329. The van der Waals surface area contributed by atoms with E-state index >= 15 is 0 Å². The third kappa shape index (κ3) is 6.40. The minimum atomic E-state index is -0.612. The second-order valence-electron chi connectivity index (χ2n) is 7.69. The molecule has 0 aromatic heterocycles. The van der Waals surface area contributed by atoms with Crippen LogP contribution in [0.1, 0.15) is 49.2 Å². The number of carbonyl (C=O) groups is 2. The Morgan fingerprint density at radius 3 is 2.33 bits per heavy atom. The van der Waals surface area contributed by atoms with Crippen LogP contribution >= 0.6 is 11.6 Å². The summed E-state index contributed by atoms with van der Waals surface area (Å²) in [4.78, 5) is 24.5. The molecule has 2 N–H and O–H groups in total. The Bertz CT molecular complexity index is 795. The quantitative estimate of drug-likeness (QED) is 0.784. The molecule has 4 nitrogen and oxygen atoms in total. The van der Waals surface area contributed by atoms with E-state index in [2.05, 4.69) is 31.4 Å². The maximum atomic E-state index is 12.3. The van der Waals surface area contributed by atoms with Gasteiger partial charge < -0.3 is 10.6 Å². The predicted molar refractivity (Wildman–Crippen MR) is 110 cm³/mol. The van der Waals surface area contributed by atoms with Crippen molar-refractivity contribution < 1.29 is 9.59 Å². The third-order valence-corrected chi connectivity index (χ3v) is 4.59. The van der Waals surface area contributed by atoms with Gasteiger partial charge in [0.1, 0.15) is 6.04 Å². The highest BCUT2D eigenvalue weighted by Gasteiger charge is 2.18. The summed E-state index contributed by atoms with van der Waals surface area (Å²) in [6.07, 6.45) is 0.682. The Morgan fingerprint density at radius 1 is 1.07 bits per heavy atom. The Balaban J connectivity index is 1.83. The fourth-order valence-electron chi connectivity index (χ4n) is 2.64. The number of hydrogen-bond acceptors (Lipinski definition) is 2. The summed E-state index contributed by atoms with van der Waals surface area (Å²) in [5.74, 6) is -0.468. The van der Waals surface area contributed by atoms with E-state index in [9.17, 15) is 9.59 Å². The van der Waals surface area contributed by atoms with E-state index in [0.717, 1.165) is 11.1 Å². The van der Waals surface area contributed by atoms with Crippen molar-refractivity contribution in [1.29, 1.82) is 0 Å². The van der Waals surface area contributed by atoms with Crippen molar-refractivity contribution in [3.8, 4) is 0 Å². The van der Waals surface area contributed by atoms with Gasteiger partial charge in [-0.2, -0.15) is 0 Å². The first kappa shape index (κ1) is 21.0. The zero-order valence-corrected chi connectivity index (χ0v) is 17.1. The fraction of sp³-hybridized carbons (Fsp3) is 0.364. The molecule has 0 fully saturated rings. The van der Waals surface area contributed by atoms with Gasteiger partial charge in [0.05, 0.1) is 0 Å². The molecule has 0 aliphatic carbocycles. The van der Waals surface area contributed by atoms with Crippen LogP contribution in [0.3, 0.4) is 0 Å². The van der Waals surface area contributed by atoms with E-state index in [4.69, 9.17) is 11.6 Å². The number of benzene rings is 2. The maximum Gasteiger partial charge on any atom is 0.251 e. The summed E-state index contributed by atoms with van der Waals surface area (Å²) in [5, 5.41) is 6.26. The first-order chi connectivity index (χ1) is 12.7. The molecule has 0 saturated heterocycles. The van der Waals surface area contributed by atoms with Gasteiger partial charge in [-0.3, -0.25) is 9.59 Å². The molecule has 0 bridgehead atoms. The van der Waals surface area contributed by atoms with E-state index in [1.807, 2.05) is 36.4 Å². The molecule has 5 heteroatoms. The first-order valence-electron chi connectivity index (χ1n) is 9.10. The van der Waals surface area contributed by atoms with Gasteiger partial charge in [-0.05, 0) is 54.2 Å². The average Bonchev–Trinajstić information content (AvgIpc) is 2.61. The van der Waals surface area contributed by atoms with Crippen LogP contribution < -0.4 is 10.6 Å². The Morgan fingerprint density at radius 2 is 1.74 bits per heavy atom. The highest BCUT2D eigenvalue weighted by atomic mass is 35.5. The monoisotopic (exact) mass is 386 g/mol. The van der Waals surface area contributed by atoms with E-state index in [-0.39, 0.29) is 17.2 Å². The standard InChI is InChI=1S/C22H27ClN2O2/c1-15(20(26)24-13-12-16-6-5-7-19(23)14-16)25-21(27)17-8-10-18(11-9-17)22(2,3)4/h5-11,14-15H,12-13H2,1-4H3,(H,24,26)(H,25,27). The van der Waals surface area contributed by atoms with Crippen LogP contribution in [0.4, 0.5) is 0 Å². The smallest absolute Gasteiger partial charge is 0.251 e. The van der Waals surface area contributed by atoms with E-state index in [1.165, 1.54) is 0 Å². The van der Waals surface area contributed by atoms with Gasteiger partial charge >= 0.3 is 0 Å². The summed E-state index contributed by atoms with van der Waals surface area (Å²) < 4.78 is 0. The number of nitrogens with one attached hydrogen (secondary N) is 2.